The molecule has 1 aromatic carbocycles. The van der Waals surface area contributed by atoms with E-state index in [2.05, 4.69) is 18.9 Å². The quantitative estimate of drug-likeness (QED) is 0.768. The molecule has 0 spiro atoms. The van der Waals surface area contributed by atoms with Crippen LogP contribution in [0.15, 0.2) is 24.3 Å². The second-order valence-corrected chi connectivity index (χ2v) is 10.3. The molecule has 7 heteroatoms. The first-order valence-corrected chi connectivity index (χ1v) is 11.5. The van der Waals surface area contributed by atoms with Crippen LogP contribution < -0.4 is 0 Å². The lowest BCUT2D eigenvalue weighted by molar-refractivity contribution is 0.0784. The van der Waals surface area contributed by atoms with Gasteiger partial charge in [-0.15, -0.1) is 0 Å². The molecule has 6 nitrogen and oxygen atoms in total. The molecule has 0 N–H and O–H groups in total. The highest BCUT2D eigenvalue weighted by atomic mass is 32.2. The normalized spacial score (nSPS) is 18.6. The number of aryl methyl sites for hydroxylation is 1. The molecular formula is C21H29N3O3S. The lowest BCUT2D eigenvalue weighted by atomic mass is 10.0. The van der Waals surface area contributed by atoms with Crippen molar-refractivity contribution in [2.24, 2.45) is 0 Å². The summed E-state index contributed by atoms with van der Waals surface area (Å²) in [4.78, 5) is 14.5. The Bertz CT molecular complexity index is 975. The van der Waals surface area contributed by atoms with Crippen LogP contribution in [0, 0.1) is 13.8 Å². The third-order valence-electron chi connectivity index (χ3n) is 5.60. The van der Waals surface area contributed by atoms with E-state index in [1.165, 1.54) is 5.56 Å². The summed E-state index contributed by atoms with van der Waals surface area (Å²) < 4.78 is 25.5. The molecule has 0 radical (unpaired) electrons. The third-order valence-corrected chi connectivity index (χ3v) is 7.35. The van der Waals surface area contributed by atoms with Gasteiger partial charge in [0.15, 0.2) is 9.84 Å². The van der Waals surface area contributed by atoms with Gasteiger partial charge in [0, 0.05) is 30.4 Å². The maximum Gasteiger partial charge on any atom is 0.253 e. The summed E-state index contributed by atoms with van der Waals surface area (Å²) in [5.74, 6) is 0.754. The van der Waals surface area contributed by atoms with Crippen molar-refractivity contribution in [2.75, 3.05) is 18.6 Å². The van der Waals surface area contributed by atoms with E-state index >= 15 is 0 Å². The Morgan fingerprint density at radius 3 is 2.43 bits per heavy atom. The Balaban J connectivity index is 1.77. The van der Waals surface area contributed by atoms with Crippen molar-refractivity contribution < 1.29 is 13.2 Å². The van der Waals surface area contributed by atoms with E-state index in [-0.39, 0.29) is 23.5 Å². The third kappa shape index (κ3) is 4.14. The molecule has 0 bridgehead atoms. The predicted octanol–water partition coefficient (Wildman–Crippen LogP) is 3.26. The van der Waals surface area contributed by atoms with Crippen molar-refractivity contribution in [3.8, 4) is 0 Å². The summed E-state index contributed by atoms with van der Waals surface area (Å²) in [6, 6.07) is 7.64. The van der Waals surface area contributed by atoms with Gasteiger partial charge in [-0.2, -0.15) is 5.10 Å². The van der Waals surface area contributed by atoms with Crippen LogP contribution in [0.3, 0.4) is 0 Å². The van der Waals surface area contributed by atoms with Crippen LogP contribution in [0.5, 0.6) is 0 Å². The summed E-state index contributed by atoms with van der Waals surface area (Å²) in [6.07, 6.45) is 0.598. The standard InChI is InChI=1S/C21H29N3O3S/c1-14(2)17-6-8-18(9-7-17)21(25)23(5)12-20-15(3)22-24(16(20)4)19-10-11-28(26,27)13-19/h6-9,14,19H,10-13H2,1-5H3/t19-/m0/s1. The Kier molecular flexibility index (Phi) is 5.66. The fourth-order valence-corrected chi connectivity index (χ4v) is 5.48. The van der Waals surface area contributed by atoms with Gasteiger partial charge in [0.25, 0.3) is 5.91 Å². The fraction of sp³-hybridized carbons (Fsp3) is 0.524. The van der Waals surface area contributed by atoms with Crippen molar-refractivity contribution in [1.82, 2.24) is 14.7 Å². The molecule has 152 valence electrons. The van der Waals surface area contributed by atoms with Crippen LogP contribution >= 0.6 is 0 Å². The largest absolute Gasteiger partial charge is 0.337 e. The fourth-order valence-electron chi connectivity index (χ4n) is 3.79. The van der Waals surface area contributed by atoms with E-state index in [0.717, 1.165) is 17.0 Å². The summed E-state index contributed by atoms with van der Waals surface area (Å²) in [6.45, 7) is 8.57. The zero-order valence-corrected chi connectivity index (χ0v) is 18.1. The number of amides is 1. The second-order valence-electron chi connectivity index (χ2n) is 8.09. The van der Waals surface area contributed by atoms with Gasteiger partial charge in [-0.3, -0.25) is 9.48 Å². The number of rotatable bonds is 5. The number of hydrogen-bond acceptors (Lipinski definition) is 4. The molecule has 1 atom stereocenters. The van der Waals surface area contributed by atoms with Crippen LogP contribution in [0.4, 0.5) is 0 Å². The second kappa shape index (κ2) is 7.70. The Labute approximate surface area is 167 Å². The number of carbonyl (C=O) groups is 1. The number of benzene rings is 1. The highest BCUT2D eigenvalue weighted by Crippen LogP contribution is 2.27. The van der Waals surface area contributed by atoms with E-state index in [1.54, 1.807) is 11.9 Å². The lowest BCUT2D eigenvalue weighted by Gasteiger charge is -2.18. The van der Waals surface area contributed by atoms with Crippen molar-refractivity contribution in [2.45, 2.75) is 52.6 Å². The number of hydrogen-bond donors (Lipinski definition) is 0. The van der Waals surface area contributed by atoms with Gasteiger partial charge in [0.2, 0.25) is 0 Å². The molecule has 0 unspecified atom stereocenters. The number of carbonyl (C=O) groups excluding carboxylic acids is 1. The SMILES string of the molecule is Cc1nn([C@H]2CCS(=O)(=O)C2)c(C)c1CN(C)C(=O)c1ccc(C(C)C)cc1. The van der Waals surface area contributed by atoms with Crippen molar-refractivity contribution in [3.05, 3.63) is 52.3 Å². The van der Waals surface area contributed by atoms with Gasteiger partial charge in [0.05, 0.1) is 23.2 Å². The van der Waals surface area contributed by atoms with E-state index in [0.29, 0.717) is 24.4 Å². The van der Waals surface area contributed by atoms with E-state index in [4.69, 9.17) is 0 Å². The Hall–Kier alpha value is -2.15. The van der Waals surface area contributed by atoms with Gasteiger partial charge in [0.1, 0.15) is 0 Å². The molecular weight excluding hydrogens is 374 g/mol. The van der Waals surface area contributed by atoms with Crippen LogP contribution in [0.25, 0.3) is 0 Å². The van der Waals surface area contributed by atoms with Gasteiger partial charge in [-0.05, 0) is 43.9 Å². The minimum absolute atomic E-state index is 0.0368. The number of sulfone groups is 1. The minimum atomic E-state index is -2.97. The average Bonchev–Trinajstić information content (AvgIpc) is 3.14. The Morgan fingerprint density at radius 2 is 1.89 bits per heavy atom. The summed E-state index contributed by atoms with van der Waals surface area (Å²) >= 11 is 0. The molecule has 1 aliphatic rings. The lowest BCUT2D eigenvalue weighted by Crippen LogP contribution is -2.26. The van der Waals surface area contributed by atoms with Crippen molar-refractivity contribution >= 4 is 15.7 Å². The first-order chi connectivity index (χ1) is 13.1. The number of aromatic nitrogens is 2. The maximum absolute atomic E-state index is 12.8. The van der Waals surface area contributed by atoms with Crippen LogP contribution in [0.1, 0.15) is 65.1 Å². The highest BCUT2D eigenvalue weighted by molar-refractivity contribution is 7.91. The highest BCUT2D eigenvalue weighted by Gasteiger charge is 2.31. The first-order valence-electron chi connectivity index (χ1n) is 9.69. The minimum Gasteiger partial charge on any atom is -0.337 e. The molecule has 1 aliphatic heterocycles. The van der Waals surface area contributed by atoms with Crippen LogP contribution in [0.2, 0.25) is 0 Å². The van der Waals surface area contributed by atoms with E-state index in [1.807, 2.05) is 42.8 Å². The first kappa shape index (κ1) is 20.6. The zero-order chi connectivity index (χ0) is 20.6. The average molecular weight is 404 g/mol. The van der Waals surface area contributed by atoms with Crippen molar-refractivity contribution in [1.29, 1.82) is 0 Å². The van der Waals surface area contributed by atoms with Crippen LogP contribution in [-0.2, 0) is 16.4 Å². The summed E-state index contributed by atoms with van der Waals surface area (Å²) in [5, 5.41) is 4.59. The van der Waals surface area contributed by atoms with Gasteiger partial charge in [-0.25, -0.2) is 8.42 Å². The molecule has 1 aromatic heterocycles. The molecule has 3 rings (SSSR count). The zero-order valence-electron chi connectivity index (χ0n) is 17.3. The van der Waals surface area contributed by atoms with E-state index in [9.17, 15) is 13.2 Å². The van der Waals surface area contributed by atoms with Crippen molar-refractivity contribution in [3.63, 3.8) is 0 Å². The Morgan fingerprint density at radius 1 is 1.25 bits per heavy atom. The molecule has 0 saturated carbocycles. The van der Waals surface area contributed by atoms with Crippen LogP contribution in [-0.4, -0.2) is 47.6 Å². The molecule has 1 saturated heterocycles. The smallest absolute Gasteiger partial charge is 0.253 e. The monoisotopic (exact) mass is 403 g/mol. The number of nitrogens with zero attached hydrogens (tertiary/aromatic N) is 3. The topological polar surface area (TPSA) is 72.3 Å². The van der Waals surface area contributed by atoms with Gasteiger partial charge < -0.3 is 4.90 Å². The van der Waals surface area contributed by atoms with Gasteiger partial charge >= 0.3 is 0 Å². The van der Waals surface area contributed by atoms with E-state index < -0.39 is 9.84 Å². The molecule has 1 amide bonds. The molecule has 2 aromatic rings. The molecule has 28 heavy (non-hydrogen) atoms. The maximum atomic E-state index is 12.8. The summed E-state index contributed by atoms with van der Waals surface area (Å²) in [7, 11) is -1.18. The molecule has 2 heterocycles. The molecule has 1 fully saturated rings. The predicted molar refractivity (Wildman–Crippen MR) is 110 cm³/mol. The molecule has 0 aliphatic carbocycles. The summed E-state index contributed by atoms with van der Waals surface area (Å²) in [5.41, 5.74) is 4.64. The van der Waals surface area contributed by atoms with Gasteiger partial charge in [-0.1, -0.05) is 26.0 Å².